The molecule has 1 aromatic heterocycles. The van der Waals surface area contributed by atoms with Crippen LogP contribution >= 0.6 is 22.5 Å². The van der Waals surface area contributed by atoms with Gasteiger partial charge in [0.25, 0.3) is 0 Å². The molecule has 2 rings (SSSR count). The Balaban J connectivity index is 2.46. The van der Waals surface area contributed by atoms with Gasteiger partial charge in [-0.1, -0.05) is 43.7 Å². The maximum absolute atomic E-state index is 4.76. The van der Waals surface area contributed by atoms with Crippen LogP contribution in [0, 0.1) is 5.41 Å². The molecule has 0 aliphatic heterocycles. The van der Waals surface area contributed by atoms with E-state index in [2.05, 4.69) is 82.6 Å². The average Bonchev–Trinajstić information content (AvgIpc) is 2.50. The molecule has 1 unspecified atom stereocenters. The van der Waals surface area contributed by atoms with E-state index in [0.29, 0.717) is 5.41 Å². The normalized spacial score (nSPS) is 14.7. The third-order valence-corrected chi connectivity index (χ3v) is 6.34. The molecule has 1 heterocycles. The molecule has 0 N–H and O–H groups in total. The summed E-state index contributed by atoms with van der Waals surface area (Å²) >= 11 is 4.57. The van der Waals surface area contributed by atoms with Gasteiger partial charge in [0.15, 0.2) is 0 Å². The van der Waals surface area contributed by atoms with Crippen LogP contribution in [0.4, 0.5) is 5.69 Å². The summed E-state index contributed by atoms with van der Waals surface area (Å²) in [6, 6.07) is 8.62. The van der Waals surface area contributed by atoms with Crippen molar-refractivity contribution in [2.24, 2.45) is 5.41 Å². The van der Waals surface area contributed by atoms with Gasteiger partial charge in [0.1, 0.15) is 0 Å². The molecular weight excluding hydrogens is 320 g/mol. The van der Waals surface area contributed by atoms with E-state index in [1.165, 1.54) is 16.5 Å². The molecule has 0 aliphatic carbocycles. The molecule has 0 bridgehead atoms. The van der Waals surface area contributed by atoms with Crippen molar-refractivity contribution < 1.29 is 0 Å². The third kappa shape index (κ3) is 4.36. The number of thiol groups is 1. The highest BCUT2D eigenvalue weighted by Gasteiger charge is 2.30. The summed E-state index contributed by atoms with van der Waals surface area (Å²) < 4.78 is -0.0794. The van der Waals surface area contributed by atoms with Gasteiger partial charge < -0.3 is 4.90 Å². The first-order chi connectivity index (χ1) is 10.7. The topological polar surface area (TPSA) is 16.1 Å². The Morgan fingerprint density at radius 3 is 2.39 bits per heavy atom. The van der Waals surface area contributed by atoms with Crippen LogP contribution in [-0.4, -0.2) is 19.1 Å². The lowest BCUT2D eigenvalue weighted by atomic mass is 9.85. The lowest BCUT2D eigenvalue weighted by Crippen LogP contribution is -2.21. The van der Waals surface area contributed by atoms with Gasteiger partial charge in [-0.05, 0) is 37.3 Å². The Bertz CT molecular complexity index is 677. The number of aromatic nitrogens is 1. The van der Waals surface area contributed by atoms with Gasteiger partial charge in [0.2, 0.25) is 0 Å². The van der Waals surface area contributed by atoms with Gasteiger partial charge in [-0.25, -0.2) is 0 Å². The van der Waals surface area contributed by atoms with Crippen LogP contribution in [0.25, 0.3) is 10.8 Å². The minimum Gasteiger partial charge on any atom is -0.377 e. The van der Waals surface area contributed by atoms with Crippen LogP contribution in [0.5, 0.6) is 0 Å². The maximum Gasteiger partial charge on any atom is 0.0653 e. The summed E-state index contributed by atoms with van der Waals surface area (Å²) in [5.74, 6) is 0. The van der Waals surface area contributed by atoms with Crippen LogP contribution in [0.2, 0.25) is 0 Å². The monoisotopic (exact) mass is 348 g/mol. The fourth-order valence-electron chi connectivity index (χ4n) is 2.67. The Labute approximate surface area is 149 Å². The van der Waals surface area contributed by atoms with E-state index in [0.717, 1.165) is 18.5 Å². The second-order valence-electron chi connectivity index (χ2n) is 7.85. The molecule has 0 saturated carbocycles. The first-order valence-electron chi connectivity index (χ1n) is 8.05. The average molecular weight is 349 g/mol. The van der Waals surface area contributed by atoms with Crippen molar-refractivity contribution >= 4 is 38.9 Å². The molecule has 1 atom stereocenters. The second kappa shape index (κ2) is 6.94. The molecule has 0 aliphatic rings. The molecule has 2 nitrogen and oxygen atoms in total. The summed E-state index contributed by atoms with van der Waals surface area (Å²) in [4.78, 5) is 6.92. The van der Waals surface area contributed by atoms with Gasteiger partial charge in [0.05, 0.1) is 10.4 Å². The zero-order chi connectivity index (χ0) is 17.3. The largest absolute Gasteiger partial charge is 0.377 e. The number of nitrogens with zero attached hydrogens (tertiary/aromatic N) is 2. The lowest BCUT2D eigenvalue weighted by molar-refractivity contribution is 0.343. The highest BCUT2D eigenvalue weighted by atomic mass is 33.1. The summed E-state index contributed by atoms with van der Waals surface area (Å²) in [7, 11) is 5.78. The van der Waals surface area contributed by atoms with Crippen LogP contribution in [0.1, 0.15) is 46.2 Å². The van der Waals surface area contributed by atoms with Crippen molar-refractivity contribution in [3.63, 3.8) is 0 Å². The van der Waals surface area contributed by atoms with E-state index >= 15 is 0 Å². The van der Waals surface area contributed by atoms with Crippen molar-refractivity contribution in [2.45, 2.75) is 45.3 Å². The highest BCUT2D eigenvalue weighted by molar-refractivity contribution is 8.69. The Hall–Kier alpha value is -0.870. The Kier molecular flexibility index (Phi) is 5.57. The van der Waals surface area contributed by atoms with Gasteiger partial charge >= 0.3 is 0 Å². The smallest absolute Gasteiger partial charge is 0.0653 e. The molecule has 126 valence electrons. The molecule has 23 heavy (non-hydrogen) atoms. The number of hydrogen-bond acceptors (Lipinski definition) is 4. The Morgan fingerprint density at radius 2 is 1.83 bits per heavy atom. The van der Waals surface area contributed by atoms with Crippen molar-refractivity contribution in [2.75, 3.05) is 19.0 Å². The summed E-state index contributed by atoms with van der Waals surface area (Å²) in [5, 5.41) is 2.44. The van der Waals surface area contributed by atoms with Crippen LogP contribution < -0.4 is 4.90 Å². The minimum atomic E-state index is -0.0794. The number of fused-ring (bicyclic) bond motifs is 1. The van der Waals surface area contributed by atoms with Gasteiger partial charge in [-0.2, -0.15) is 0 Å². The van der Waals surface area contributed by atoms with E-state index in [4.69, 9.17) is 4.98 Å². The quantitative estimate of drug-likeness (QED) is 0.533. The SMILES string of the molecule is CN(C)c1cccc2cnc(C(C)(CCC(C)(C)C)SS)cc12. The molecule has 4 heteroatoms. The summed E-state index contributed by atoms with van der Waals surface area (Å²) in [6.45, 7) is 9.11. The van der Waals surface area contributed by atoms with Crippen molar-refractivity contribution in [1.82, 2.24) is 4.98 Å². The van der Waals surface area contributed by atoms with Crippen LogP contribution in [0.3, 0.4) is 0 Å². The van der Waals surface area contributed by atoms with Crippen molar-refractivity contribution in [3.05, 3.63) is 36.2 Å². The predicted octanol–water partition coefficient (Wildman–Crippen LogP) is 5.92. The highest BCUT2D eigenvalue weighted by Crippen LogP contribution is 2.44. The first kappa shape index (κ1) is 18.5. The predicted molar refractivity (Wildman–Crippen MR) is 109 cm³/mol. The summed E-state index contributed by atoms with van der Waals surface area (Å²) in [6.07, 6.45) is 4.20. The molecule has 2 aromatic rings. The Morgan fingerprint density at radius 1 is 1.13 bits per heavy atom. The fourth-order valence-corrected chi connectivity index (χ4v) is 3.62. The van der Waals surface area contributed by atoms with Crippen molar-refractivity contribution in [3.8, 4) is 0 Å². The maximum atomic E-state index is 4.76. The molecule has 1 aromatic carbocycles. The van der Waals surface area contributed by atoms with E-state index in [9.17, 15) is 0 Å². The molecule has 0 fully saturated rings. The number of pyridine rings is 1. The van der Waals surface area contributed by atoms with Crippen LogP contribution in [0.15, 0.2) is 30.5 Å². The zero-order valence-corrected chi connectivity index (χ0v) is 16.8. The summed E-state index contributed by atoms with van der Waals surface area (Å²) in [5.41, 5.74) is 2.66. The minimum absolute atomic E-state index is 0.0794. The van der Waals surface area contributed by atoms with E-state index in [1.54, 1.807) is 10.8 Å². The standard InChI is InChI=1S/C19H28N2S2/c1-18(2,3)10-11-19(4,23-22)17-12-15-14(13-20-17)8-7-9-16(15)21(5)6/h7-9,12-13,22H,10-11H2,1-6H3. The lowest BCUT2D eigenvalue weighted by Gasteiger charge is -2.30. The zero-order valence-electron chi connectivity index (χ0n) is 15.1. The molecular formula is C19H28N2S2. The molecule has 0 saturated heterocycles. The molecule has 0 radical (unpaired) electrons. The van der Waals surface area contributed by atoms with E-state index in [1.807, 2.05) is 6.20 Å². The van der Waals surface area contributed by atoms with Crippen molar-refractivity contribution in [1.29, 1.82) is 0 Å². The van der Waals surface area contributed by atoms with E-state index in [-0.39, 0.29) is 4.75 Å². The fraction of sp³-hybridized carbons (Fsp3) is 0.526. The van der Waals surface area contributed by atoms with Gasteiger partial charge in [0, 0.05) is 36.8 Å². The number of anilines is 1. The van der Waals surface area contributed by atoms with E-state index < -0.39 is 0 Å². The number of hydrogen-bond donors (Lipinski definition) is 1. The van der Waals surface area contributed by atoms with Crippen LogP contribution in [-0.2, 0) is 4.75 Å². The van der Waals surface area contributed by atoms with Gasteiger partial charge in [-0.3, -0.25) is 4.98 Å². The number of rotatable bonds is 5. The molecule has 0 amide bonds. The van der Waals surface area contributed by atoms with Gasteiger partial charge in [-0.15, -0.1) is 11.7 Å². The molecule has 0 spiro atoms. The number of benzene rings is 1. The third-order valence-electron chi connectivity index (χ3n) is 4.32. The first-order valence-corrected chi connectivity index (χ1v) is 9.92. The second-order valence-corrected chi connectivity index (χ2v) is 9.48.